The van der Waals surface area contributed by atoms with Crippen LogP contribution < -0.4 is 0 Å². The molecule has 0 bridgehead atoms. The summed E-state index contributed by atoms with van der Waals surface area (Å²) >= 11 is 5.67. The van der Waals surface area contributed by atoms with Gasteiger partial charge >= 0.3 is 5.97 Å². The monoisotopic (exact) mass is 213 g/mol. The molecule has 0 atom stereocenters. The third kappa shape index (κ3) is 3.91. The molecule has 1 N–H and O–H groups in total. The molecule has 0 aliphatic heterocycles. The van der Waals surface area contributed by atoms with Crippen LogP contribution in [0.4, 0.5) is 0 Å². The second-order valence-electron chi connectivity index (χ2n) is 2.47. The average molecular weight is 214 g/mol. The largest absolute Gasteiger partial charge is 0.477 e. The predicted molar refractivity (Wildman–Crippen MR) is 52.4 cm³/mol. The Morgan fingerprint density at radius 2 is 2.14 bits per heavy atom. The molecule has 0 radical (unpaired) electrons. The Hall–Kier alpha value is -1.55. The van der Waals surface area contributed by atoms with Crippen LogP contribution in [0.25, 0.3) is 0 Å². The minimum atomic E-state index is -1.14. The molecule has 0 spiro atoms. The lowest BCUT2D eigenvalue weighted by atomic mass is 10.2. The van der Waals surface area contributed by atoms with Gasteiger partial charge < -0.3 is 9.94 Å². The quantitative estimate of drug-likeness (QED) is 0.614. The molecule has 14 heavy (non-hydrogen) atoms. The highest BCUT2D eigenvalue weighted by Crippen LogP contribution is 2.09. The van der Waals surface area contributed by atoms with Crippen LogP contribution in [0.3, 0.4) is 0 Å². The topological polar surface area (TPSA) is 58.9 Å². The van der Waals surface area contributed by atoms with Gasteiger partial charge in [-0.25, -0.2) is 4.79 Å². The number of nitrogens with zero attached hydrogens (tertiary/aromatic N) is 1. The number of hydrogen-bond donors (Lipinski definition) is 1. The van der Waals surface area contributed by atoms with E-state index in [-0.39, 0.29) is 6.61 Å². The van der Waals surface area contributed by atoms with Gasteiger partial charge in [-0.15, -0.1) is 0 Å². The van der Waals surface area contributed by atoms with Gasteiger partial charge in [0.25, 0.3) is 0 Å². The predicted octanol–water partition coefficient (Wildman–Crippen LogP) is 1.93. The van der Waals surface area contributed by atoms with Gasteiger partial charge in [0.2, 0.25) is 0 Å². The first-order chi connectivity index (χ1) is 6.68. The van der Waals surface area contributed by atoms with Gasteiger partial charge in [0.15, 0.2) is 6.21 Å². The summed E-state index contributed by atoms with van der Waals surface area (Å²) in [5, 5.41) is 12.1. The molecule has 1 rings (SSSR count). The van der Waals surface area contributed by atoms with Gasteiger partial charge in [-0.05, 0) is 17.7 Å². The fourth-order valence-corrected chi connectivity index (χ4v) is 0.901. The molecule has 4 nitrogen and oxygen atoms in total. The molecular formula is C9H8ClNO3. The van der Waals surface area contributed by atoms with Crippen LogP contribution in [-0.4, -0.2) is 17.3 Å². The summed E-state index contributed by atoms with van der Waals surface area (Å²) in [6.07, 6.45) is 0.690. The van der Waals surface area contributed by atoms with E-state index >= 15 is 0 Å². The van der Waals surface area contributed by atoms with Crippen LogP contribution in [0.1, 0.15) is 5.56 Å². The van der Waals surface area contributed by atoms with E-state index in [0.717, 1.165) is 5.56 Å². The highest BCUT2D eigenvalue weighted by atomic mass is 35.5. The van der Waals surface area contributed by atoms with E-state index in [1.165, 1.54) is 0 Å². The maximum atomic E-state index is 10.0. The van der Waals surface area contributed by atoms with Crippen LogP contribution in [0.5, 0.6) is 0 Å². The summed E-state index contributed by atoms with van der Waals surface area (Å²) in [6, 6.07) is 7.00. The summed E-state index contributed by atoms with van der Waals surface area (Å²) in [6.45, 7) is 0.223. The van der Waals surface area contributed by atoms with Crippen LogP contribution in [0.2, 0.25) is 5.02 Å². The third-order valence-electron chi connectivity index (χ3n) is 1.38. The van der Waals surface area contributed by atoms with Crippen molar-refractivity contribution < 1.29 is 14.7 Å². The number of rotatable bonds is 4. The lowest BCUT2D eigenvalue weighted by Crippen LogP contribution is -1.96. The Kier molecular flexibility index (Phi) is 3.94. The van der Waals surface area contributed by atoms with E-state index in [1.54, 1.807) is 24.3 Å². The summed E-state index contributed by atoms with van der Waals surface area (Å²) < 4.78 is 0. The SMILES string of the molecule is O=C(O)/C=N\OCc1ccc(Cl)cc1. The Labute approximate surface area is 85.7 Å². The number of oxime groups is 1. The fraction of sp³-hybridized carbons (Fsp3) is 0.111. The maximum Gasteiger partial charge on any atom is 0.350 e. The minimum Gasteiger partial charge on any atom is -0.477 e. The lowest BCUT2D eigenvalue weighted by Gasteiger charge is -1.98. The lowest BCUT2D eigenvalue weighted by molar-refractivity contribution is -0.129. The van der Waals surface area contributed by atoms with Crippen molar-refractivity contribution in [3.05, 3.63) is 34.9 Å². The van der Waals surface area contributed by atoms with Crippen LogP contribution >= 0.6 is 11.6 Å². The standard InChI is InChI=1S/C9H8ClNO3/c10-8-3-1-7(2-4-8)6-14-11-5-9(12)13/h1-5H,6H2,(H,12,13)/b11-5-. The highest BCUT2D eigenvalue weighted by Gasteiger charge is 1.93. The molecule has 0 aliphatic rings. The van der Waals surface area contributed by atoms with Crippen molar-refractivity contribution >= 4 is 23.8 Å². The van der Waals surface area contributed by atoms with Crippen LogP contribution in [0.15, 0.2) is 29.4 Å². The van der Waals surface area contributed by atoms with Crippen molar-refractivity contribution in [3.63, 3.8) is 0 Å². The number of halogens is 1. The Morgan fingerprint density at radius 1 is 1.50 bits per heavy atom. The zero-order chi connectivity index (χ0) is 10.4. The number of benzene rings is 1. The van der Waals surface area contributed by atoms with Crippen molar-refractivity contribution in [2.24, 2.45) is 5.16 Å². The molecule has 0 saturated heterocycles. The molecule has 74 valence electrons. The molecule has 0 heterocycles. The minimum absolute atomic E-state index is 0.223. The maximum absolute atomic E-state index is 10.0. The number of hydrogen-bond acceptors (Lipinski definition) is 3. The summed E-state index contributed by atoms with van der Waals surface area (Å²) in [5.74, 6) is -1.14. The molecule has 0 fully saturated rings. The first kappa shape index (κ1) is 10.5. The van der Waals surface area contributed by atoms with Gasteiger partial charge in [-0.3, -0.25) is 0 Å². The third-order valence-corrected chi connectivity index (χ3v) is 1.63. The van der Waals surface area contributed by atoms with Gasteiger partial charge in [0, 0.05) is 5.02 Å². The van der Waals surface area contributed by atoms with Crippen molar-refractivity contribution in [1.29, 1.82) is 0 Å². The number of carbonyl (C=O) groups is 1. The fourth-order valence-electron chi connectivity index (χ4n) is 0.775. The van der Waals surface area contributed by atoms with Crippen molar-refractivity contribution in [1.82, 2.24) is 0 Å². The van der Waals surface area contributed by atoms with Gasteiger partial charge in [0.05, 0.1) is 0 Å². The van der Waals surface area contributed by atoms with Crippen LogP contribution in [0, 0.1) is 0 Å². The van der Waals surface area contributed by atoms with E-state index in [0.29, 0.717) is 11.2 Å². The van der Waals surface area contributed by atoms with Crippen LogP contribution in [-0.2, 0) is 16.2 Å². The molecule has 1 aromatic rings. The Bertz CT molecular complexity index is 334. The van der Waals surface area contributed by atoms with Crippen molar-refractivity contribution in [3.8, 4) is 0 Å². The first-order valence-corrected chi connectivity index (χ1v) is 4.19. The molecule has 5 heteroatoms. The molecule has 0 aromatic heterocycles. The normalized spacial score (nSPS) is 10.4. The summed E-state index contributed by atoms with van der Waals surface area (Å²) in [4.78, 5) is 14.7. The second-order valence-corrected chi connectivity index (χ2v) is 2.91. The average Bonchev–Trinajstić information content (AvgIpc) is 2.15. The van der Waals surface area contributed by atoms with Crippen molar-refractivity contribution in [2.45, 2.75) is 6.61 Å². The van der Waals surface area contributed by atoms with E-state index < -0.39 is 5.97 Å². The van der Waals surface area contributed by atoms with E-state index in [4.69, 9.17) is 21.5 Å². The van der Waals surface area contributed by atoms with Gasteiger partial charge in [-0.1, -0.05) is 28.9 Å². The Balaban J connectivity index is 2.39. The number of aliphatic carboxylic acids is 1. The molecule has 0 unspecified atom stereocenters. The highest BCUT2D eigenvalue weighted by molar-refractivity contribution is 6.30. The second kappa shape index (κ2) is 5.24. The zero-order valence-corrected chi connectivity index (χ0v) is 7.94. The smallest absolute Gasteiger partial charge is 0.350 e. The molecule has 0 aliphatic carbocycles. The van der Waals surface area contributed by atoms with Gasteiger partial charge in [-0.2, -0.15) is 0 Å². The summed E-state index contributed by atoms with van der Waals surface area (Å²) in [5.41, 5.74) is 0.872. The number of carboxylic acid groups (broad SMARTS) is 1. The van der Waals surface area contributed by atoms with E-state index in [2.05, 4.69) is 5.16 Å². The van der Waals surface area contributed by atoms with Gasteiger partial charge in [0.1, 0.15) is 6.61 Å². The van der Waals surface area contributed by atoms with E-state index in [9.17, 15) is 4.79 Å². The first-order valence-electron chi connectivity index (χ1n) is 3.81. The summed E-state index contributed by atoms with van der Waals surface area (Å²) in [7, 11) is 0. The molecular weight excluding hydrogens is 206 g/mol. The molecule has 1 aromatic carbocycles. The Morgan fingerprint density at radius 3 is 2.71 bits per heavy atom. The van der Waals surface area contributed by atoms with Crippen molar-refractivity contribution in [2.75, 3.05) is 0 Å². The molecule has 0 saturated carbocycles. The molecule has 0 amide bonds. The zero-order valence-electron chi connectivity index (χ0n) is 7.18. The number of carboxylic acids is 1. The van der Waals surface area contributed by atoms with E-state index in [1.807, 2.05) is 0 Å².